The van der Waals surface area contributed by atoms with Crippen LogP contribution in [0.1, 0.15) is 32.3 Å². The lowest BCUT2D eigenvalue weighted by molar-refractivity contribution is -0.385. The molecule has 0 amide bonds. The van der Waals surface area contributed by atoms with Crippen LogP contribution in [0.2, 0.25) is 0 Å². The van der Waals surface area contributed by atoms with Gasteiger partial charge in [-0.3, -0.25) is 15.4 Å². The molecule has 114 valence electrons. The molecule has 0 saturated heterocycles. The van der Waals surface area contributed by atoms with Crippen molar-refractivity contribution in [1.82, 2.24) is 5.32 Å². The number of benzene rings is 1. The molecule has 1 aromatic rings. The summed E-state index contributed by atoms with van der Waals surface area (Å²) in [5.74, 6) is 0.246. The standard InChI is InChI=1S/C15H21N3O3/c1-4-8-17-15(3,11-16)7-9-21-14-10-12(2)5-6-13(14)18(19)20/h5-6,10,17H,4,7-9H2,1-3H3. The molecule has 0 radical (unpaired) electrons. The molecule has 6 heteroatoms. The number of rotatable bonds is 8. The fraction of sp³-hybridized carbons (Fsp3) is 0.533. The number of nitro groups is 1. The van der Waals surface area contributed by atoms with Gasteiger partial charge in [0, 0.05) is 12.5 Å². The van der Waals surface area contributed by atoms with E-state index in [1.54, 1.807) is 19.1 Å². The van der Waals surface area contributed by atoms with E-state index in [4.69, 9.17) is 4.74 Å². The van der Waals surface area contributed by atoms with Gasteiger partial charge in [0.2, 0.25) is 0 Å². The van der Waals surface area contributed by atoms with Crippen molar-refractivity contribution < 1.29 is 9.66 Å². The van der Waals surface area contributed by atoms with Gasteiger partial charge in [-0.25, -0.2) is 0 Å². The van der Waals surface area contributed by atoms with E-state index >= 15 is 0 Å². The molecule has 0 fully saturated rings. The van der Waals surface area contributed by atoms with Crippen LogP contribution in [0.15, 0.2) is 18.2 Å². The Hall–Kier alpha value is -2.13. The lowest BCUT2D eigenvalue weighted by atomic mass is 10.0. The molecule has 0 heterocycles. The third kappa shape index (κ3) is 5.04. The van der Waals surface area contributed by atoms with E-state index in [0.717, 1.165) is 18.5 Å². The third-order valence-electron chi connectivity index (χ3n) is 3.18. The van der Waals surface area contributed by atoms with Gasteiger partial charge >= 0.3 is 5.69 Å². The summed E-state index contributed by atoms with van der Waals surface area (Å²) >= 11 is 0. The molecular formula is C15H21N3O3. The summed E-state index contributed by atoms with van der Waals surface area (Å²) < 4.78 is 5.52. The van der Waals surface area contributed by atoms with E-state index in [1.165, 1.54) is 6.07 Å². The van der Waals surface area contributed by atoms with Crippen LogP contribution in [0, 0.1) is 28.4 Å². The third-order valence-corrected chi connectivity index (χ3v) is 3.18. The van der Waals surface area contributed by atoms with Crippen molar-refractivity contribution in [2.24, 2.45) is 0 Å². The molecule has 0 aliphatic carbocycles. The summed E-state index contributed by atoms with van der Waals surface area (Å²) in [4.78, 5) is 10.5. The molecular weight excluding hydrogens is 270 g/mol. The Morgan fingerprint density at radius 3 is 2.81 bits per heavy atom. The molecule has 6 nitrogen and oxygen atoms in total. The van der Waals surface area contributed by atoms with Gasteiger partial charge in [-0.15, -0.1) is 0 Å². The average Bonchev–Trinajstić information content (AvgIpc) is 2.45. The normalized spacial score (nSPS) is 13.2. The number of nitrogens with zero attached hydrogens (tertiary/aromatic N) is 2. The first kappa shape index (κ1) is 16.9. The second-order valence-corrected chi connectivity index (χ2v) is 5.20. The van der Waals surface area contributed by atoms with Gasteiger partial charge in [-0.2, -0.15) is 5.26 Å². The molecule has 1 rings (SSSR count). The Bertz CT molecular complexity index is 539. The monoisotopic (exact) mass is 291 g/mol. The maximum absolute atomic E-state index is 11.0. The highest BCUT2D eigenvalue weighted by Crippen LogP contribution is 2.28. The van der Waals surface area contributed by atoms with E-state index < -0.39 is 10.5 Å². The van der Waals surface area contributed by atoms with Gasteiger partial charge in [0.25, 0.3) is 0 Å². The predicted molar refractivity (Wildman–Crippen MR) is 80.3 cm³/mol. The number of hydrogen-bond donors (Lipinski definition) is 1. The lowest BCUT2D eigenvalue weighted by Crippen LogP contribution is -2.42. The van der Waals surface area contributed by atoms with E-state index in [1.807, 2.05) is 13.8 Å². The van der Waals surface area contributed by atoms with Crippen molar-refractivity contribution in [3.8, 4) is 11.8 Å². The quantitative estimate of drug-likeness (QED) is 0.587. The first-order valence-corrected chi connectivity index (χ1v) is 6.96. The van der Waals surface area contributed by atoms with E-state index in [-0.39, 0.29) is 18.0 Å². The maximum Gasteiger partial charge on any atom is 0.310 e. The van der Waals surface area contributed by atoms with Crippen LogP contribution in [0.5, 0.6) is 5.75 Å². The van der Waals surface area contributed by atoms with Gasteiger partial charge in [0.15, 0.2) is 5.75 Å². The maximum atomic E-state index is 11.0. The van der Waals surface area contributed by atoms with Gasteiger partial charge < -0.3 is 4.74 Å². The molecule has 1 atom stereocenters. The summed E-state index contributed by atoms with van der Waals surface area (Å²) in [6, 6.07) is 6.97. The van der Waals surface area contributed by atoms with Crippen molar-refractivity contribution in [2.75, 3.05) is 13.2 Å². The van der Waals surface area contributed by atoms with Crippen LogP contribution in [0.4, 0.5) is 5.69 Å². The summed E-state index contributed by atoms with van der Waals surface area (Å²) in [6.07, 6.45) is 1.38. The Labute approximate surface area is 124 Å². The highest BCUT2D eigenvalue weighted by Gasteiger charge is 2.23. The second kappa shape index (κ2) is 7.60. The SMILES string of the molecule is CCCNC(C)(C#N)CCOc1cc(C)ccc1[N+](=O)[O-]. The van der Waals surface area contributed by atoms with Crippen LogP contribution in [0.3, 0.4) is 0 Å². The van der Waals surface area contributed by atoms with Gasteiger partial charge in [-0.1, -0.05) is 13.0 Å². The molecule has 0 aliphatic rings. The molecule has 21 heavy (non-hydrogen) atoms. The van der Waals surface area contributed by atoms with Crippen molar-refractivity contribution >= 4 is 5.69 Å². The van der Waals surface area contributed by atoms with E-state index in [0.29, 0.717) is 6.42 Å². The number of hydrogen-bond acceptors (Lipinski definition) is 5. The minimum atomic E-state index is -0.686. The zero-order valence-electron chi connectivity index (χ0n) is 12.7. The first-order valence-electron chi connectivity index (χ1n) is 6.96. The van der Waals surface area contributed by atoms with Crippen LogP contribution in [-0.4, -0.2) is 23.6 Å². The Morgan fingerprint density at radius 1 is 1.52 bits per heavy atom. The van der Waals surface area contributed by atoms with E-state index in [2.05, 4.69) is 11.4 Å². The highest BCUT2D eigenvalue weighted by molar-refractivity contribution is 5.48. The molecule has 0 aliphatic heterocycles. The largest absolute Gasteiger partial charge is 0.487 e. The smallest absolute Gasteiger partial charge is 0.310 e. The summed E-state index contributed by atoms with van der Waals surface area (Å²) in [5, 5.41) is 23.3. The van der Waals surface area contributed by atoms with Gasteiger partial charge in [0.05, 0.1) is 17.6 Å². The molecule has 1 N–H and O–H groups in total. The molecule has 0 saturated carbocycles. The minimum Gasteiger partial charge on any atom is -0.487 e. The second-order valence-electron chi connectivity index (χ2n) is 5.20. The summed E-state index contributed by atoms with van der Waals surface area (Å²) in [6.45, 7) is 6.66. The minimum absolute atomic E-state index is 0.0548. The van der Waals surface area contributed by atoms with Gasteiger partial charge in [-0.05, 0) is 38.4 Å². The number of aryl methyl sites for hydroxylation is 1. The highest BCUT2D eigenvalue weighted by atomic mass is 16.6. The van der Waals surface area contributed by atoms with Crippen molar-refractivity contribution in [1.29, 1.82) is 5.26 Å². The fourth-order valence-electron chi connectivity index (χ4n) is 1.84. The van der Waals surface area contributed by atoms with Crippen LogP contribution >= 0.6 is 0 Å². The van der Waals surface area contributed by atoms with Crippen molar-refractivity contribution in [3.63, 3.8) is 0 Å². The zero-order valence-corrected chi connectivity index (χ0v) is 12.7. The zero-order chi connectivity index (χ0) is 15.9. The first-order chi connectivity index (χ1) is 9.91. The Kier molecular flexibility index (Phi) is 6.12. The average molecular weight is 291 g/mol. The molecule has 0 spiro atoms. The number of nitriles is 1. The summed E-state index contributed by atoms with van der Waals surface area (Å²) in [7, 11) is 0. The lowest BCUT2D eigenvalue weighted by Gasteiger charge is -2.23. The van der Waals surface area contributed by atoms with Crippen LogP contribution in [-0.2, 0) is 0 Å². The van der Waals surface area contributed by atoms with E-state index in [9.17, 15) is 15.4 Å². The molecule has 0 bridgehead atoms. The predicted octanol–water partition coefficient (Wildman–Crippen LogP) is 2.95. The summed E-state index contributed by atoms with van der Waals surface area (Å²) in [5.41, 5.74) is 0.151. The molecule has 0 aromatic heterocycles. The topological polar surface area (TPSA) is 88.2 Å². The molecule has 1 unspecified atom stereocenters. The number of ether oxygens (including phenoxy) is 1. The Balaban J connectivity index is 2.69. The van der Waals surface area contributed by atoms with Gasteiger partial charge in [0.1, 0.15) is 5.54 Å². The molecule has 1 aromatic carbocycles. The fourth-order valence-corrected chi connectivity index (χ4v) is 1.84. The number of nitrogens with one attached hydrogen (secondary N) is 1. The van der Waals surface area contributed by atoms with Crippen LogP contribution < -0.4 is 10.1 Å². The van der Waals surface area contributed by atoms with Crippen LogP contribution in [0.25, 0.3) is 0 Å². The van der Waals surface area contributed by atoms with Crippen molar-refractivity contribution in [3.05, 3.63) is 33.9 Å². The number of nitro benzene ring substituents is 1. The van der Waals surface area contributed by atoms with Crippen molar-refractivity contribution in [2.45, 2.75) is 39.2 Å². The Morgan fingerprint density at radius 2 is 2.24 bits per heavy atom.